The van der Waals surface area contributed by atoms with Crippen molar-refractivity contribution in [2.75, 3.05) is 7.11 Å². The zero-order chi connectivity index (χ0) is 24.1. The van der Waals surface area contributed by atoms with Gasteiger partial charge in [0.05, 0.1) is 28.6 Å². The Hall–Kier alpha value is -3.69. The lowest BCUT2D eigenvalue weighted by atomic mass is 9.98. The summed E-state index contributed by atoms with van der Waals surface area (Å²) in [5.41, 5.74) is 6.94. The summed E-state index contributed by atoms with van der Waals surface area (Å²) in [6, 6.07) is 13.8. The average molecular weight is 480 g/mol. The molecule has 9 heteroatoms. The zero-order valence-electron chi connectivity index (χ0n) is 17.8. The normalized spacial score (nSPS) is 14.5. The van der Waals surface area contributed by atoms with E-state index in [4.69, 9.17) is 10.5 Å². The molecule has 0 saturated heterocycles. The molecule has 1 aliphatic heterocycles. The number of fused-ring (bicyclic) bond motifs is 3. The Bertz CT molecular complexity index is 1520. The van der Waals surface area contributed by atoms with Crippen molar-refractivity contribution in [3.8, 4) is 16.9 Å². The summed E-state index contributed by atoms with van der Waals surface area (Å²) >= 11 is 1.17. The molecule has 0 radical (unpaired) electrons. The highest BCUT2D eigenvalue weighted by atomic mass is 32.2. The van der Waals surface area contributed by atoms with Crippen LogP contribution in [0.1, 0.15) is 26.9 Å². The van der Waals surface area contributed by atoms with Crippen LogP contribution in [0.15, 0.2) is 64.4 Å². The van der Waals surface area contributed by atoms with Crippen molar-refractivity contribution in [2.45, 2.75) is 16.9 Å². The molecule has 1 aliphatic rings. The van der Waals surface area contributed by atoms with Crippen LogP contribution >= 0.6 is 11.8 Å². The molecule has 4 aromatic rings. The molecule has 1 aromatic heterocycles. The number of benzene rings is 3. The van der Waals surface area contributed by atoms with Crippen LogP contribution in [0.3, 0.4) is 0 Å². The van der Waals surface area contributed by atoms with Gasteiger partial charge in [-0.05, 0) is 34.9 Å². The van der Waals surface area contributed by atoms with Crippen molar-refractivity contribution in [1.82, 2.24) is 4.57 Å². The van der Waals surface area contributed by atoms with E-state index >= 15 is 4.39 Å². The van der Waals surface area contributed by atoms with Gasteiger partial charge in [0.2, 0.25) is 5.43 Å². The van der Waals surface area contributed by atoms with E-state index in [1.54, 1.807) is 41.0 Å². The van der Waals surface area contributed by atoms with Gasteiger partial charge in [0.1, 0.15) is 22.6 Å². The summed E-state index contributed by atoms with van der Waals surface area (Å²) in [6.45, 7) is 0.328. The van der Waals surface area contributed by atoms with Crippen molar-refractivity contribution in [3.63, 3.8) is 0 Å². The fourth-order valence-corrected chi connectivity index (χ4v) is 5.51. The van der Waals surface area contributed by atoms with Gasteiger partial charge < -0.3 is 20.1 Å². The number of ether oxygens (including phenoxy) is 1. The van der Waals surface area contributed by atoms with Crippen LogP contribution in [0.4, 0.5) is 8.78 Å². The maximum Gasteiger partial charge on any atom is 0.342 e. The van der Waals surface area contributed by atoms with Crippen LogP contribution in [0.25, 0.3) is 22.0 Å². The van der Waals surface area contributed by atoms with Gasteiger partial charge in [0, 0.05) is 6.54 Å². The van der Waals surface area contributed by atoms with Crippen LogP contribution < -0.4 is 15.9 Å². The third-order valence-corrected chi connectivity index (χ3v) is 7.19. The van der Waals surface area contributed by atoms with Gasteiger partial charge in [0.15, 0.2) is 5.75 Å². The molecule has 2 heterocycles. The van der Waals surface area contributed by atoms with E-state index in [0.717, 1.165) is 11.6 Å². The first-order valence-corrected chi connectivity index (χ1v) is 11.2. The number of nitrogens with zero attached hydrogens (tertiary/aromatic N) is 1. The summed E-state index contributed by atoms with van der Waals surface area (Å²) in [5.74, 6) is -2.42. The van der Waals surface area contributed by atoms with Crippen LogP contribution in [0.5, 0.6) is 5.75 Å². The second kappa shape index (κ2) is 8.27. The fourth-order valence-electron chi connectivity index (χ4n) is 4.24. The third kappa shape index (κ3) is 3.27. The lowest BCUT2D eigenvalue weighted by molar-refractivity contribution is 0.0689. The number of halogens is 2. The minimum absolute atomic E-state index is 0.106. The second-order valence-corrected chi connectivity index (χ2v) is 8.84. The molecule has 3 aromatic carbocycles. The standard InChI is InChI=1S/C25H18F2N2O4S/c1-33-22-18(13-4-2-12(11-28)3-5-13)17(27)10-16-20(22)29-23(14-6-8-15(26)9-7-14)34-24(29)19(21(16)30)25(31)32/h2-10,23H,11,28H2,1H3,(H,31,32). The van der Waals surface area contributed by atoms with Crippen molar-refractivity contribution < 1.29 is 23.4 Å². The highest BCUT2D eigenvalue weighted by Gasteiger charge is 2.38. The van der Waals surface area contributed by atoms with Crippen LogP contribution in [0, 0.1) is 11.6 Å². The smallest absolute Gasteiger partial charge is 0.342 e. The first-order chi connectivity index (χ1) is 16.3. The van der Waals surface area contributed by atoms with E-state index in [0.29, 0.717) is 17.7 Å². The topological polar surface area (TPSA) is 94.6 Å². The number of pyridine rings is 1. The SMILES string of the molecule is COc1c(-c2ccc(CN)cc2)c(F)cc2c(=O)c(C(=O)O)c3n(c12)C(c1ccc(F)cc1)S3. The summed E-state index contributed by atoms with van der Waals surface area (Å²) in [5, 5.41) is 9.39. The summed E-state index contributed by atoms with van der Waals surface area (Å²) < 4.78 is 36.2. The number of hydrogen-bond acceptors (Lipinski definition) is 5. The minimum atomic E-state index is -1.40. The Morgan fingerprint density at radius 2 is 1.82 bits per heavy atom. The van der Waals surface area contributed by atoms with Gasteiger partial charge in [-0.15, -0.1) is 0 Å². The number of methoxy groups -OCH3 is 1. The lowest BCUT2D eigenvalue weighted by Crippen LogP contribution is -2.30. The van der Waals surface area contributed by atoms with Gasteiger partial charge in [-0.2, -0.15) is 0 Å². The minimum Gasteiger partial charge on any atom is -0.494 e. The number of carboxylic acid groups (broad SMARTS) is 1. The molecule has 3 N–H and O–H groups in total. The monoisotopic (exact) mass is 480 g/mol. The summed E-state index contributed by atoms with van der Waals surface area (Å²) in [4.78, 5) is 25.1. The van der Waals surface area contributed by atoms with Gasteiger partial charge >= 0.3 is 5.97 Å². The molecule has 6 nitrogen and oxygen atoms in total. The molecule has 0 fully saturated rings. The highest BCUT2D eigenvalue weighted by molar-refractivity contribution is 8.00. The number of aromatic nitrogens is 1. The summed E-state index contributed by atoms with van der Waals surface area (Å²) in [7, 11) is 1.37. The van der Waals surface area contributed by atoms with Gasteiger partial charge in [-0.1, -0.05) is 48.2 Å². The van der Waals surface area contributed by atoms with E-state index in [1.807, 2.05) is 0 Å². The van der Waals surface area contributed by atoms with E-state index in [2.05, 4.69) is 0 Å². The number of carbonyl (C=O) groups is 1. The fraction of sp³-hybridized carbons (Fsp3) is 0.120. The number of nitrogens with two attached hydrogens (primary N) is 1. The molecular formula is C25H18F2N2O4S. The first kappa shape index (κ1) is 22.1. The predicted octanol–water partition coefficient (Wildman–Crippen LogP) is 4.76. The molecule has 172 valence electrons. The molecular weight excluding hydrogens is 462 g/mol. The molecule has 1 unspecified atom stereocenters. The quantitative estimate of drug-likeness (QED) is 0.428. The van der Waals surface area contributed by atoms with Crippen molar-refractivity contribution in [3.05, 3.63) is 93.1 Å². The Labute approximate surface area is 196 Å². The highest BCUT2D eigenvalue weighted by Crippen LogP contribution is 2.52. The van der Waals surface area contributed by atoms with E-state index < -0.39 is 34.0 Å². The molecule has 0 spiro atoms. The molecule has 5 rings (SSSR count). The zero-order valence-corrected chi connectivity index (χ0v) is 18.7. The van der Waals surface area contributed by atoms with E-state index in [1.165, 1.54) is 31.0 Å². The molecule has 0 bridgehead atoms. The van der Waals surface area contributed by atoms with Crippen LogP contribution in [-0.4, -0.2) is 22.8 Å². The van der Waals surface area contributed by atoms with Gasteiger partial charge in [-0.25, -0.2) is 13.6 Å². The van der Waals surface area contributed by atoms with E-state index in [-0.39, 0.29) is 27.2 Å². The number of carboxylic acids is 1. The lowest BCUT2D eigenvalue weighted by Gasteiger charge is -2.36. The second-order valence-electron chi connectivity index (χ2n) is 7.77. The van der Waals surface area contributed by atoms with Gasteiger partial charge in [-0.3, -0.25) is 4.79 Å². The molecule has 1 atom stereocenters. The largest absolute Gasteiger partial charge is 0.494 e. The molecule has 0 amide bonds. The van der Waals surface area contributed by atoms with E-state index in [9.17, 15) is 19.1 Å². The van der Waals surface area contributed by atoms with Crippen LogP contribution in [0.2, 0.25) is 0 Å². The van der Waals surface area contributed by atoms with Crippen LogP contribution in [-0.2, 0) is 6.54 Å². The number of aromatic carboxylic acids is 1. The predicted molar refractivity (Wildman–Crippen MR) is 125 cm³/mol. The first-order valence-electron chi connectivity index (χ1n) is 10.3. The van der Waals surface area contributed by atoms with Crippen molar-refractivity contribution in [1.29, 1.82) is 0 Å². The molecule has 0 saturated carbocycles. The number of rotatable bonds is 5. The molecule has 0 aliphatic carbocycles. The maximum absolute atomic E-state index is 15.4. The van der Waals surface area contributed by atoms with Crippen molar-refractivity contribution in [2.24, 2.45) is 5.73 Å². The molecule has 34 heavy (non-hydrogen) atoms. The summed E-state index contributed by atoms with van der Waals surface area (Å²) in [6.07, 6.45) is 0. The maximum atomic E-state index is 15.4. The Morgan fingerprint density at radius 1 is 1.15 bits per heavy atom. The Morgan fingerprint density at radius 3 is 2.41 bits per heavy atom. The number of thioether (sulfide) groups is 1. The van der Waals surface area contributed by atoms with Gasteiger partial charge in [0.25, 0.3) is 0 Å². The average Bonchev–Trinajstić information content (AvgIpc) is 2.81. The Kier molecular flexibility index (Phi) is 5.38. The number of hydrogen-bond donors (Lipinski definition) is 2. The third-order valence-electron chi connectivity index (χ3n) is 5.86. The Balaban J connectivity index is 1.86. The van der Waals surface area contributed by atoms with Crippen molar-refractivity contribution >= 4 is 28.6 Å².